The van der Waals surface area contributed by atoms with Crippen molar-refractivity contribution in [1.29, 1.82) is 0 Å². The number of rotatable bonds is 8. The molecule has 1 unspecified atom stereocenters. The van der Waals surface area contributed by atoms with Gasteiger partial charge in [0.15, 0.2) is 17.7 Å². The first-order valence-corrected chi connectivity index (χ1v) is 10.6. The van der Waals surface area contributed by atoms with Crippen molar-refractivity contribution in [2.45, 2.75) is 25.9 Å². The van der Waals surface area contributed by atoms with Crippen molar-refractivity contribution in [3.8, 4) is 0 Å². The summed E-state index contributed by atoms with van der Waals surface area (Å²) < 4.78 is 39.9. The van der Waals surface area contributed by atoms with Crippen LogP contribution in [0.2, 0.25) is 0 Å². The van der Waals surface area contributed by atoms with Gasteiger partial charge in [0.05, 0.1) is 18.8 Å². The molecule has 0 radical (unpaired) electrons. The van der Waals surface area contributed by atoms with E-state index in [2.05, 4.69) is 5.32 Å². The minimum atomic E-state index is -0.805. The number of ether oxygens (including phenoxy) is 2. The van der Waals surface area contributed by atoms with Crippen LogP contribution in [0.25, 0.3) is 0 Å². The highest BCUT2D eigenvalue weighted by molar-refractivity contribution is 5.90. The summed E-state index contributed by atoms with van der Waals surface area (Å²) in [5.41, 5.74) is -0.161. The smallest absolute Gasteiger partial charge is 0.414 e. The Morgan fingerprint density at radius 3 is 2.44 bits per heavy atom. The molecule has 0 bridgehead atoms. The molecule has 9 nitrogen and oxygen atoms in total. The molecule has 0 aromatic heterocycles. The summed E-state index contributed by atoms with van der Waals surface area (Å²) in [5, 5.41) is 2.79. The van der Waals surface area contributed by atoms with Crippen LogP contribution >= 0.6 is 0 Å². The van der Waals surface area contributed by atoms with E-state index in [4.69, 9.17) is 9.47 Å². The molecule has 1 N–H and O–H groups in total. The van der Waals surface area contributed by atoms with E-state index < -0.39 is 29.8 Å². The number of hydrogen-bond donors (Lipinski definition) is 1. The molecule has 0 spiro atoms. The van der Waals surface area contributed by atoms with Crippen LogP contribution in [-0.2, 0) is 19.1 Å². The summed E-state index contributed by atoms with van der Waals surface area (Å²) in [6.07, 6.45) is -0.566. The zero-order valence-corrected chi connectivity index (χ0v) is 18.2. The maximum Gasteiger partial charge on any atom is 0.414 e. The number of likely N-dealkylation sites (N-methyl/N-ethyl adjacent to an activating group) is 1. The lowest BCUT2D eigenvalue weighted by molar-refractivity contribution is -0.146. The van der Waals surface area contributed by atoms with E-state index in [9.17, 15) is 23.2 Å². The predicted molar refractivity (Wildman–Crippen MR) is 113 cm³/mol. The maximum atomic E-state index is 14.9. The topological polar surface area (TPSA) is 91.4 Å². The largest absolute Gasteiger partial charge is 0.462 e. The number of halogens is 2. The monoisotopic (exact) mass is 454 g/mol. The average molecular weight is 454 g/mol. The molecule has 3 rings (SSSR count). The molecule has 0 saturated carbocycles. The average Bonchev–Trinajstić information content (AvgIpc) is 3.13. The summed E-state index contributed by atoms with van der Waals surface area (Å²) >= 11 is 0. The lowest BCUT2D eigenvalue weighted by Crippen LogP contribution is -2.51. The highest BCUT2D eigenvalue weighted by Crippen LogP contribution is 2.31. The van der Waals surface area contributed by atoms with Gasteiger partial charge in [-0.3, -0.25) is 14.5 Å². The number of anilines is 2. The first-order chi connectivity index (χ1) is 15.3. The van der Waals surface area contributed by atoms with Crippen molar-refractivity contribution < 1.29 is 32.6 Å². The molecule has 1 atom stereocenters. The molecule has 176 valence electrons. The number of piperazine rings is 1. The Balaban J connectivity index is 1.64. The van der Waals surface area contributed by atoms with Crippen LogP contribution in [0.5, 0.6) is 0 Å². The molecule has 2 amide bonds. The quantitative estimate of drug-likeness (QED) is 0.596. The normalized spacial score (nSPS) is 18.7. The van der Waals surface area contributed by atoms with Gasteiger partial charge in [0.25, 0.3) is 0 Å². The summed E-state index contributed by atoms with van der Waals surface area (Å²) in [7, 11) is 1.68. The van der Waals surface area contributed by atoms with E-state index in [0.29, 0.717) is 32.6 Å². The van der Waals surface area contributed by atoms with E-state index in [1.165, 1.54) is 0 Å². The Kier molecular flexibility index (Phi) is 7.84. The number of carbonyl (C=O) groups is 3. The van der Waals surface area contributed by atoms with Crippen molar-refractivity contribution in [1.82, 2.24) is 10.2 Å². The zero-order valence-electron chi connectivity index (χ0n) is 18.2. The van der Waals surface area contributed by atoms with Crippen molar-refractivity contribution >= 4 is 29.3 Å². The van der Waals surface area contributed by atoms with Gasteiger partial charge in [0.2, 0.25) is 5.91 Å². The lowest BCUT2D eigenvalue weighted by atomic mass is 10.2. The van der Waals surface area contributed by atoms with Gasteiger partial charge in [0, 0.05) is 44.7 Å². The fourth-order valence-electron chi connectivity index (χ4n) is 3.73. The molecule has 2 heterocycles. The number of hydrogen-bond acceptors (Lipinski definition) is 7. The highest BCUT2D eigenvalue weighted by Gasteiger charge is 2.35. The van der Waals surface area contributed by atoms with Crippen LogP contribution in [0.1, 0.15) is 19.8 Å². The van der Waals surface area contributed by atoms with Gasteiger partial charge in [0.1, 0.15) is 12.3 Å². The third kappa shape index (κ3) is 5.45. The third-order valence-electron chi connectivity index (χ3n) is 5.35. The first kappa shape index (κ1) is 23.7. The van der Waals surface area contributed by atoms with Gasteiger partial charge < -0.3 is 24.6 Å². The molecule has 2 fully saturated rings. The first-order valence-electron chi connectivity index (χ1n) is 10.6. The number of benzene rings is 1. The Morgan fingerprint density at radius 2 is 1.84 bits per heavy atom. The van der Waals surface area contributed by atoms with Crippen molar-refractivity contribution in [2.75, 3.05) is 62.7 Å². The van der Waals surface area contributed by atoms with Crippen LogP contribution in [0, 0.1) is 11.6 Å². The number of esters is 1. The van der Waals surface area contributed by atoms with Crippen LogP contribution in [0.3, 0.4) is 0 Å². The Morgan fingerprint density at radius 1 is 1.19 bits per heavy atom. The van der Waals surface area contributed by atoms with Gasteiger partial charge in [-0.1, -0.05) is 6.92 Å². The number of cyclic esters (lactones) is 1. The summed E-state index contributed by atoms with van der Waals surface area (Å²) in [5.74, 6) is -2.07. The van der Waals surface area contributed by atoms with Gasteiger partial charge in [-0.15, -0.1) is 0 Å². The van der Waals surface area contributed by atoms with Gasteiger partial charge in [-0.25, -0.2) is 13.6 Å². The SMILES string of the molecule is CCCC(=O)OCC1CN(c2cc(F)c(N3CCN(C(=O)CNC)CC3)c(F)c2)C(=O)O1. The van der Waals surface area contributed by atoms with Crippen LogP contribution in [-0.4, -0.2) is 81.9 Å². The van der Waals surface area contributed by atoms with Gasteiger partial charge in [-0.2, -0.15) is 0 Å². The molecule has 1 aromatic rings. The molecule has 2 aliphatic heterocycles. The maximum absolute atomic E-state index is 14.9. The molecular weight excluding hydrogens is 426 g/mol. The van der Waals surface area contributed by atoms with Crippen molar-refractivity contribution in [2.24, 2.45) is 0 Å². The van der Waals surface area contributed by atoms with E-state index >= 15 is 0 Å². The summed E-state index contributed by atoms with van der Waals surface area (Å²) in [6, 6.07) is 2.17. The number of amides is 2. The van der Waals surface area contributed by atoms with Crippen LogP contribution < -0.4 is 15.1 Å². The molecule has 1 aromatic carbocycles. The fourth-order valence-corrected chi connectivity index (χ4v) is 3.73. The van der Waals surface area contributed by atoms with E-state index in [1.54, 1.807) is 16.8 Å². The van der Waals surface area contributed by atoms with Crippen LogP contribution in [0.15, 0.2) is 12.1 Å². The van der Waals surface area contributed by atoms with Crippen LogP contribution in [0.4, 0.5) is 25.0 Å². The second-order valence-corrected chi connectivity index (χ2v) is 7.71. The zero-order chi connectivity index (χ0) is 23.3. The molecule has 2 aliphatic rings. The minimum absolute atomic E-state index is 0.0166. The minimum Gasteiger partial charge on any atom is -0.462 e. The second kappa shape index (κ2) is 10.6. The highest BCUT2D eigenvalue weighted by atomic mass is 19.1. The Hall–Kier alpha value is -2.95. The van der Waals surface area contributed by atoms with E-state index in [-0.39, 0.29) is 43.4 Å². The molecule has 2 saturated heterocycles. The lowest BCUT2D eigenvalue weighted by Gasteiger charge is -2.36. The van der Waals surface area contributed by atoms with E-state index in [1.807, 2.05) is 6.92 Å². The molecule has 0 aliphatic carbocycles. The predicted octanol–water partition coefficient (Wildman–Crippen LogP) is 1.50. The summed E-state index contributed by atoms with van der Waals surface area (Å²) in [6.45, 7) is 3.26. The van der Waals surface area contributed by atoms with Crippen molar-refractivity contribution in [3.05, 3.63) is 23.8 Å². The molecule has 32 heavy (non-hydrogen) atoms. The number of nitrogens with zero attached hydrogens (tertiary/aromatic N) is 3. The van der Waals surface area contributed by atoms with E-state index in [0.717, 1.165) is 17.0 Å². The van der Waals surface area contributed by atoms with Gasteiger partial charge >= 0.3 is 12.1 Å². The Labute approximate surface area is 185 Å². The molecular formula is C21H28F2N4O5. The number of carbonyl (C=O) groups excluding carboxylic acids is 3. The Bertz CT molecular complexity index is 838. The van der Waals surface area contributed by atoms with Gasteiger partial charge in [-0.05, 0) is 13.5 Å². The summed E-state index contributed by atoms with van der Waals surface area (Å²) in [4.78, 5) is 39.9. The van der Waals surface area contributed by atoms with Crippen molar-refractivity contribution in [3.63, 3.8) is 0 Å². The standard InChI is InChI=1S/C21H28F2N4O5/c1-3-4-19(29)31-13-15-12-27(21(30)32-15)14-9-16(22)20(17(23)10-14)26-7-5-25(6-8-26)18(28)11-24-2/h9-10,15,24H,3-8,11-13H2,1-2H3. The third-order valence-corrected chi connectivity index (χ3v) is 5.35. The number of nitrogens with one attached hydrogen (secondary N) is 1. The molecule has 11 heteroatoms. The fraction of sp³-hybridized carbons (Fsp3) is 0.571. The second-order valence-electron chi connectivity index (χ2n) is 7.71.